The van der Waals surface area contributed by atoms with Crippen molar-refractivity contribution >= 4 is 17.5 Å². The summed E-state index contributed by atoms with van der Waals surface area (Å²) in [5.41, 5.74) is 3.95. The van der Waals surface area contributed by atoms with Crippen molar-refractivity contribution in [3.8, 4) is 0 Å². The van der Waals surface area contributed by atoms with Gasteiger partial charge >= 0.3 is 0 Å². The van der Waals surface area contributed by atoms with Crippen molar-refractivity contribution in [3.63, 3.8) is 0 Å². The van der Waals surface area contributed by atoms with Crippen LogP contribution in [0.5, 0.6) is 0 Å². The van der Waals surface area contributed by atoms with E-state index in [-0.39, 0.29) is 11.8 Å². The zero-order chi connectivity index (χ0) is 18.3. The highest BCUT2D eigenvalue weighted by atomic mass is 16.2. The highest BCUT2D eigenvalue weighted by Gasteiger charge is 2.54. The first-order valence-corrected chi connectivity index (χ1v) is 8.78. The van der Waals surface area contributed by atoms with E-state index < -0.39 is 12.1 Å². The van der Waals surface area contributed by atoms with Gasteiger partial charge in [-0.3, -0.25) is 14.6 Å². The second kappa shape index (κ2) is 6.37. The van der Waals surface area contributed by atoms with Crippen LogP contribution in [0, 0.1) is 6.92 Å². The molecule has 0 saturated carbocycles. The summed E-state index contributed by atoms with van der Waals surface area (Å²) in [6, 6.07) is 14.1. The van der Waals surface area contributed by atoms with Gasteiger partial charge in [0.05, 0.1) is 12.2 Å². The molecule has 0 N–H and O–H groups in total. The first-order valence-electron chi connectivity index (χ1n) is 8.78. The Morgan fingerprint density at radius 1 is 0.923 bits per heavy atom. The van der Waals surface area contributed by atoms with Crippen LogP contribution in [0.3, 0.4) is 0 Å². The fraction of sp³-hybridized carbons (Fsp3) is 0.300. The van der Waals surface area contributed by atoms with E-state index in [0.29, 0.717) is 12.2 Å². The van der Waals surface area contributed by atoms with E-state index in [2.05, 4.69) is 17.3 Å². The molecule has 0 aromatic heterocycles. The minimum absolute atomic E-state index is 0.263. The average Bonchev–Trinajstić information content (AvgIpc) is 3.17. The molecule has 0 aliphatic carbocycles. The van der Waals surface area contributed by atoms with Crippen LogP contribution < -0.4 is 4.90 Å². The third-order valence-corrected chi connectivity index (χ3v) is 4.93. The maximum Gasteiger partial charge on any atom is 0.263 e. The number of carbonyl (C=O) groups is 2. The van der Waals surface area contributed by atoms with Gasteiger partial charge in [0.25, 0.3) is 11.8 Å². The lowest BCUT2D eigenvalue weighted by atomic mass is 10.1. The van der Waals surface area contributed by atoms with E-state index in [9.17, 15) is 9.59 Å². The van der Waals surface area contributed by atoms with Crippen LogP contribution in [-0.4, -0.2) is 28.9 Å². The van der Waals surface area contributed by atoms with Gasteiger partial charge in [-0.15, -0.1) is 0 Å². The Balaban J connectivity index is 1.57. The van der Waals surface area contributed by atoms with Crippen LogP contribution in [0.2, 0.25) is 0 Å². The number of aryl methyl sites for hydroxylation is 2. The Morgan fingerprint density at radius 2 is 1.58 bits per heavy atom. The number of anilines is 1. The van der Waals surface area contributed by atoms with E-state index in [1.807, 2.05) is 55.5 Å². The molecule has 6 heteroatoms. The number of rotatable bonds is 4. The lowest BCUT2D eigenvalue weighted by Crippen LogP contribution is -2.39. The molecule has 2 unspecified atom stereocenters. The summed E-state index contributed by atoms with van der Waals surface area (Å²) < 4.78 is 0. The number of fused-ring (bicyclic) bond motifs is 1. The molecule has 2 atom stereocenters. The summed E-state index contributed by atoms with van der Waals surface area (Å²) >= 11 is 0. The average molecular weight is 348 g/mol. The predicted molar refractivity (Wildman–Crippen MR) is 97.5 cm³/mol. The van der Waals surface area contributed by atoms with Crippen molar-refractivity contribution in [2.75, 3.05) is 4.90 Å². The summed E-state index contributed by atoms with van der Waals surface area (Å²) in [4.78, 5) is 26.9. The molecule has 0 bridgehead atoms. The number of hydrogen-bond donors (Lipinski definition) is 0. The smallest absolute Gasteiger partial charge is 0.263 e. The van der Waals surface area contributed by atoms with Gasteiger partial charge in [0, 0.05) is 0 Å². The molecule has 1 saturated heterocycles. The van der Waals surface area contributed by atoms with Crippen LogP contribution in [0.15, 0.2) is 58.9 Å². The minimum Gasteiger partial charge on any atom is -0.271 e. The molecule has 2 amide bonds. The number of hydrogen-bond acceptors (Lipinski definition) is 5. The third-order valence-electron chi connectivity index (χ3n) is 4.93. The molecule has 2 aromatic carbocycles. The molecular weight excluding hydrogens is 328 g/mol. The lowest BCUT2D eigenvalue weighted by Gasteiger charge is -2.20. The molecule has 0 radical (unpaired) electrons. The second-order valence-corrected chi connectivity index (χ2v) is 6.71. The van der Waals surface area contributed by atoms with Crippen LogP contribution in [0.1, 0.15) is 23.6 Å². The van der Waals surface area contributed by atoms with Crippen molar-refractivity contribution in [2.45, 2.75) is 38.9 Å². The number of nitrogens with zero attached hydrogens (tertiary/aromatic N) is 4. The third kappa shape index (κ3) is 2.67. The monoisotopic (exact) mass is 348 g/mol. The van der Waals surface area contributed by atoms with Gasteiger partial charge in [0.15, 0.2) is 12.1 Å². The van der Waals surface area contributed by atoms with E-state index in [1.165, 1.54) is 10.5 Å². The molecule has 2 heterocycles. The Hall–Kier alpha value is -3.02. The van der Waals surface area contributed by atoms with Crippen LogP contribution in [0.4, 0.5) is 5.69 Å². The molecule has 0 spiro atoms. The Morgan fingerprint density at radius 3 is 2.23 bits per heavy atom. The van der Waals surface area contributed by atoms with Gasteiger partial charge in [0.2, 0.25) is 0 Å². The van der Waals surface area contributed by atoms with Crippen LogP contribution >= 0.6 is 0 Å². The van der Waals surface area contributed by atoms with Crippen LogP contribution in [-0.2, 0) is 22.6 Å². The van der Waals surface area contributed by atoms with E-state index >= 15 is 0 Å². The highest BCUT2D eigenvalue weighted by Crippen LogP contribution is 2.32. The largest absolute Gasteiger partial charge is 0.271 e. The maximum atomic E-state index is 13.0. The van der Waals surface area contributed by atoms with Crippen molar-refractivity contribution in [2.24, 2.45) is 10.3 Å². The molecular formula is C20H20N4O2. The molecule has 26 heavy (non-hydrogen) atoms. The van der Waals surface area contributed by atoms with Gasteiger partial charge in [0.1, 0.15) is 0 Å². The van der Waals surface area contributed by atoms with E-state index in [4.69, 9.17) is 0 Å². The van der Waals surface area contributed by atoms with Crippen molar-refractivity contribution in [1.82, 2.24) is 5.01 Å². The fourth-order valence-electron chi connectivity index (χ4n) is 3.37. The summed E-state index contributed by atoms with van der Waals surface area (Å²) in [7, 11) is 0. The Labute approximate surface area is 152 Å². The summed E-state index contributed by atoms with van der Waals surface area (Å²) in [5.74, 6) is -0.569. The summed E-state index contributed by atoms with van der Waals surface area (Å²) in [6.07, 6.45) is 0.909. The minimum atomic E-state index is -0.751. The molecule has 2 aromatic rings. The van der Waals surface area contributed by atoms with Crippen molar-refractivity contribution in [3.05, 3.63) is 65.2 Å². The lowest BCUT2D eigenvalue weighted by molar-refractivity contribution is -0.123. The molecule has 6 nitrogen and oxygen atoms in total. The Kier molecular flexibility index (Phi) is 4.03. The number of amides is 2. The van der Waals surface area contributed by atoms with Gasteiger partial charge in [-0.25, -0.2) is 4.90 Å². The second-order valence-electron chi connectivity index (χ2n) is 6.71. The van der Waals surface area contributed by atoms with E-state index in [1.54, 1.807) is 5.01 Å². The highest BCUT2D eigenvalue weighted by molar-refractivity contribution is 6.25. The molecule has 2 aliphatic rings. The van der Waals surface area contributed by atoms with Crippen molar-refractivity contribution < 1.29 is 9.59 Å². The zero-order valence-electron chi connectivity index (χ0n) is 14.8. The molecule has 1 fully saturated rings. The maximum absolute atomic E-state index is 13.0. The number of benzene rings is 2. The first-order chi connectivity index (χ1) is 12.6. The Bertz CT molecular complexity index is 874. The van der Waals surface area contributed by atoms with E-state index in [0.717, 1.165) is 17.5 Å². The summed E-state index contributed by atoms with van der Waals surface area (Å²) in [5, 5.41) is 9.78. The summed E-state index contributed by atoms with van der Waals surface area (Å²) in [6.45, 7) is 4.54. The molecule has 4 rings (SSSR count). The molecule has 2 aliphatic heterocycles. The number of carbonyl (C=O) groups excluding carboxylic acids is 2. The van der Waals surface area contributed by atoms with Crippen molar-refractivity contribution in [1.29, 1.82) is 0 Å². The topological polar surface area (TPSA) is 65.3 Å². The fourth-order valence-corrected chi connectivity index (χ4v) is 3.37. The number of imide groups is 1. The SMILES string of the molecule is CCc1ccc(N2C(=O)C3N=NN(Cc4ccc(C)cc4)C3C2=O)cc1. The first kappa shape index (κ1) is 16.4. The quantitative estimate of drug-likeness (QED) is 0.798. The van der Waals surface area contributed by atoms with Gasteiger partial charge < -0.3 is 0 Å². The van der Waals surface area contributed by atoms with Crippen LogP contribution in [0.25, 0.3) is 0 Å². The zero-order valence-corrected chi connectivity index (χ0v) is 14.8. The van der Waals surface area contributed by atoms with Gasteiger partial charge in [-0.1, -0.05) is 54.1 Å². The van der Waals surface area contributed by atoms with Gasteiger partial charge in [-0.05, 0) is 36.6 Å². The predicted octanol–water partition coefficient (Wildman–Crippen LogP) is 3.05. The normalized spacial score (nSPS) is 21.6. The standard InChI is InChI=1S/C20H20N4O2/c1-3-14-8-10-16(11-9-14)24-19(25)17-18(20(24)26)23(22-21-17)12-15-6-4-13(2)5-7-15/h4-11,17-18H,3,12H2,1-2H3. The van der Waals surface area contributed by atoms with Gasteiger partial charge in [-0.2, -0.15) is 5.11 Å². The molecule has 132 valence electrons.